The summed E-state index contributed by atoms with van der Waals surface area (Å²) in [5, 5.41) is 0. The second kappa shape index (κ2) is 4.93. The number of aryl methyl sites for hydroxylation is 1. The van der Waals surface area contributed by atoms with Crippen LogP contribution in [0.2, 0.25) is 0 Å². The average molecular weight is 241 g/mol. The molecule has 0 bridgehead atoms. The van der Waals surface area contributed by atoms with Gasteiger partial charge in [0.25, 0.3) is 0 Å². The standard InChI is InChI=1S/C17H21N/c1-13-10-16(14-8-6-5-7-9-14)18-12-15(13)11-17(2,3)4/h5-10,12H,11H2,1-4H3/i11D2. The van der Waals surface area contributed by atoms with Crippen molar-refractivity contribution < 1.29 is 2.74 Å². The molecule has 0 N–H and O–H groups in total. The van der Waals surface area contributed by atoms with E-state index in [0.717, 1.165) is 16.8 Å². The first-order chi connectivity index (χ1) is 9.23. The minimum absolute atomic E-state index is 0.465. The van der Waals surface area contributed by atoms with E-state index in [9.17, 15) is 0 Å². The van der Waals surface area contributed by atoms with Crippen LogP contribution in [0.3, 0.4) is 0 Å². The lowest BCUT2D eigenvalue weighted by molar-refractivity contribution is 0.410. The van der Waals surface area contributed by atoms with E-state index in [4.69, 9.17) is 2.74 Å². The largest absolute Gasteiger partial charge is 0.256 e. The first-order valence-electron chi connectivity index (χ1n) is 7.26. The van der Waals surface area contributed by atoms with E-state index >= 15 is 0 Å². The van der Waals surface area contributed by atoms with Crippen molar-refractivity contribution in [3.05, 3.63) is 53.7 Å². The molecule has 0 atom stereocenters. The summed E-state index contributed by atoms with van der Waals surface area (Å²) >= 11 is 0. The van der Waals surface area contributed by atoms with Gasteiger partial charge in [-0.05, 0) is 35.9 Å². The molecule has 2 rings (SSSR count). The third kappa shape index (κ3) is 3.19. The van der Waals surface area contributed by atoms with Crippen LogP contribution in [0.25, 0.3) is 11.3 Å². The molecule has 0 aliphatic rings. The maximum absolute atomic E-state index is 8.36. The first kappa shape index (κ1) is 10.3. The van der Waals surface area contributed by atoms with Crippen molar-refractivity contribution in [2.75, 3.05) is 0 Å². The second-order valence-corrected chi connectivity index (χ2v) is 5.63. The van der Waals surface area contributed by atoms with Gasteiger partial charge >= 0.3 is 0 Å². The van der Waals surface area contributed by atoms with Crippen molar-refractivity contribution in [2.24, 2.45) is 5.41 Å². The summed E-state index contributed by atoms with van der Waals surface area (Å²) in [6.45, 7) is 7.69. The molecule has 1 aromatic carbocycles. The fourth-order valence-corrected chi connectivity index (χ4v) is 1.86. The van der Waals surface area contributed by atoms with Gasteiger partial charge < -0.3 is 0 Å². The van der Waals surface area contributed by atoms with Crippen LogP contribution in [0, 0.1) is 12.3 Å². The number of rotatable bonds is 2. The van der Waals surface area contributed by atoms with Crippen LogP contribution in [-0.2, 0) is 6.37 Å². The van der Waals surface area contributed by atoms with Gasteiger partial charge in [-0.1, -0.05) is 51.1 Å². The highest BCUT2D eigenvalue weighted by atomic mass is 14.7. The summed E-state index contributed by atoms with van der Waals surface area (Å²) < 4.78 is 16.7. The molecule has 0 aliphatic carbocycles. The monoisotopic (exact) mass is 241 g/mol. The molecule has 1 nitrogen and oxygen atoms in total. The molecule has 0 saturated heterocycles. The van der Waals surface area contributed by atoms with E-state index in [-0.39, 0.29) is 0 Å². The maximum atomic E-state index is 8.36. The molecule has 0 amide bonds. The molecule has 0 aliphatic heterocycles. The maximum Gasteiger partial charge on any atom is 0.0704 e. The molecule has 0 unspecified atom stereocenters. The molecule has 2 aromatic rings. The normalized spacial score (nSPS) is 14.0. The van der Waals surface area contributed by atoms with Gasteiger partial charge in [-0.2, -0.15) is 0 Å². The van der Waals surface area contributed by atoms with Gasteiger partial charge in [0.05, 0.1) is 5.69 Å². The van der Waals surface area contributed by atoms with Gasteiger partial charge in [-0.25, -0.2) is 0 Å². The molecule has 94 valence electrons. The van der Waals surface area contributed by atoms with Crippen LogP contribution >= 0.6 is 0 Å². The minimum atomic E-state index is -1.40. The number of nitrogens with zero attached hydrogens (tertiary/aromatic N) is 1. The van der Waals surface area contributed by atoms with Gasteiger partial charge in [0.1, 0.15) is 0 Å². The van der Waals surface area contributed by atoms with Gasteiger partial charge in [-0.15, -0.1) is 0 Å². The second-order valence-electron chi connectivity index (χ2n) is 5.63. The van der Waals surface area contributed by atoms with Crippen molar-refractivity contribution in [1.29, 1.82) is 0 Å². The van der Waals surface area contributed by atoms with Crippen molar-refractivity contribution in [2.45, 2.75) is 34.1 Å². The van der Waals surface area contributed by atoms with E-state index in [1.807, 2.05) is 64.1 Å². The number of hydrogen-bond donors (Lipinski definition) is 0. The Kier molecular flexibility index (Phi) is 2.82. The van der Waals surface area contributed by atoms with E-state index in [0.29, 0.717) is 5.56 Å². The summed E-state index contributed by atoms with van der Waals surface area (Å²) in [7, 11) is 0. The Morgan fingerprint density at radius 1 is 1.17 bits per heavy atom. The average Bonchev–Trinajstić information content (AvgIpc) is 2.38. The molecule has 0 spiro atoms. The van der Waals surface area contributed by atoms with Crippen LogP contribution in [0.4, 0.5) is 0 Å². The summed E-state index contributed by atoms with van der Waals surface area (Å²) in [6.07, 6.45) is 0.280. The minimum Gasteiger partial charge on any atom is -0.256 e. The van der Waals surface area contributed by atoms with Crippen LogP contribution in [-0.4, -0.2) is 4.98 Å². The lowest BCUT2D eigenvalue weighted by atomic mass is 9.87. The zero-order valence-corrected chi connectivity index (χ0v) is 11.5. The van der Waals surface area contributed by atoms with E-state index < -0.39 is 11.8 Å². The number of hydrogen-bond acceptors (Lipinski definition) is 1. The van der Waals surface area contributed by atoms with Crippen molar-refractivity contribution in [1.82, 2.24) is 4.98 Å². The van der Waals surface area contributed by atoms with Crippen LogP contribution in [0.15, 0.2) is 42.6 Å². The Morgan fingerprint density at radius 2 is 1.83 bits per heavy atom. The van der Waals surface area contributed by atoms with E-state index in [2.05, 4.69) is 4.98 Å². The van der Waals surface area contributed by atoms with Crippen LogP contribution < -0.4 is 0 Å². The molecule has 1 heteroatoms. The zero-order valence-electron chi connectivity index (χ0n) is 13.5. The Morgan fingerprint density at radius 3 is 2.39 bits per heavy atom. The van der Waals surface area contributed by atoms with Gasteiger partial charge in [0.15, 0.2) is 0 Å². The molecule has 1 aromatic heterocycles. The first-order valence-corrected chi connectivity index (χ1v) is 6.26. The summed E-state index contributed by atoms with van der Waals surface area (Å²) in [4.78, 5) is 4.45. The van der Waals surface area contributed by atoms with E-state index in [1.165, 1.54) is 0 Å². The highest BCUT2D eigenvalue weighted by Crippen LogP contribution is 2.25. The van der Waals surface area contributed by atoms with Gasteiger partial charge in [0, 0.05) is 14.5 Å². The highest BCUT2D eigenvalue weighted by molar-refractivity contribution is 5.59. The summed E-state index contributed by atoms with van der Waals surface area (Å²) in [5.41, 5.74) is 3.09. The third-order valence-corrected chi connectivity index (χ3v) is 2.69. The Hall–Kier alpha value is -1.63. The molecule has 0 radical (unpaired) electrons. The Labute approximate surface area is 113 Å². The topological polar surface area (TPSA) is 12.9 Å². The Balaban J connectivity index is 2.47. The lowest BCUT2D eigenvalue weighted by Crippen LogP contribution is -2.10. The molecule has 0 saturated carbocycles. The predicted octanol–water partition coefficient (Wildman–Crippen LogP) is 4.65. The van der Waals surface area contributed by atoms with Crippen LogP contribution in [0.5, 0.6) is 0 Å². The predicted molar refractivity (Wildman–Crippen MR) is 77.6 cm³/mol. The zero-order chi connectivity index (χ0) is 15.0. The van der Waals surface area contributed by atoms with Gasteiger partial charge in [0.2, 0.25) is 0 Å². The number of aromatic nitrogens is 1. The molecular formula is C17H21N. The molecule has 1 heterocycles. The smallest absolute Gasteiger partial charge is 0.0704 e. The Bertz CT molecular complexity index is 598. The number of pyridine rings is 1. The van der Waals surface area contributed by atoms with Crippen molar-refractivity contribution >= 4 is 0 Å². The summed E-state index contributed by atoms with van der Waals surface area (Å²) in [6, 6.07) is 11.9. The highest BCUT2D eigenvalue weighted by Gasteiger charge is 2.13. The molecule has 18 heavy (non-hydrogen) atoms. The van der Waals surface area contributed by atoms with E-state index in [1.54, 1.807) is 6.20 Å². The number of benzene rings is 1. The lowest BCUT2D eigenvalue weighted by Gasteiger charge is -2.19. The summed E-state index contributed by atoms with van der Waals surface area (Å²) in [5.74, 6) is 0. The van der Waals surface area contributed by atoms with Crippen LogP contribution in [0.1, 0.15) is 34.6 Å². The SMILES string of the molecule is [2H]C([2H])(c1cnc(-c2ccccc2)cc1C)C(C)(C)C. The quantitative estimate of drug-likeness (QED) is 0.746. The van der Waals surface area contributed by atoms with Crippen molar-refractivity contribution in [3.63, 3.8) is 0 Å². The fraction of sp³-hybridized carbons (Fsp3) is 0.353. The van der Waals surface area contributed by atoms with Gasteiger partial charge in [-0.3, -0.25) is 4.98 Å². The molecular weight excluding hydrogens is 218 g/mol. The fourth-order valence-electron chi connectivity index (χ4n) is 1.86. The van der Waals surface area contributed by atoms with Crippen molar-refractivity contribution in [3.8, 4) is 11.3 Å². The molecule has 0 fully saturated rings. The third-order valence-electron chi connectivity index (χ3n) is 2.69.